The summed E-state index contributed by atoms with van der Waals surface area (Å²) in [7, 11) is 0. The highest BCUT2D eigenvalue weighted by atomic mass is 14.9. The Morgan fingerprint density at radius 3 is 2.72 bits per heavy atom. The summed E-state index contributed by atoms with van der Waals surface area (Å²) in [6.45, 7) is 10.4. The zero-order valence-electron chi connectivity index (χ0n) is 12.3. The lowest BCUT2D eigenvalue weighted by Crippen LogP contribution is -2.34. The minimum absolute atomic E-state index is 0.375. The normalized spacial score (nSPS) is 25.1. The molecule has 1 fully saturated rings. The van der Waals surface area contributed by atoms with Crippen LogP contribution in [0.4, 0.5) is 0 Å². The van der Waals surface area contributed by atoms with Crippen LogP contribution >= 0.6 is 0 Å². The molecule has 1 N–H and O–H groups in total. The van der Waals surface area contributed by atoms with Crippen LogP contribution in [0.2, 0.25) is 0 Å². The zero-order chi connectivity index (χ0) is 13.2. The van der Waals surface area contributed by atoms with E-state index in [4.69, 9.17) is 0 Å². The molecule has 0 aliphatic carbocycles. The van der Waals surface area contributed by atoms with E-state index in [1.54, 1.807) is 5.56 Å². The van der Waals surface area contributed by atoms with Gasteiger partial charge in [0.15, 0.2) is 0 Å². The van der Waals surface area contributed by atoms with Gasteiger partial charge in [-0.1, -0.05) is 45.0 Å². The summed E-state index contributed by atoms with van der Waals surface area (Å²) in [4.78, 5) is 0. The molecule has 0 spiro atoms. The second-order valence-electron chi connectivity index (χ2n) is 7.06. The molecule has 1 nitrogen and oxygen atoms in total. The molecular weight excluding hydrogens is 218 g/mol. The number of hydrogen-bond acceptors (Lipinski definition) is 1. The standard InChI is InChI=1S/C17H27N/c1-13-10-16(8-9-18-13)15-7-5-6-14(11-15)12-17(2,3)4/h5-7,11,13,16,18H,8-10,12H2,1-4H3. The molecule has 100 valence electrons. The Balaban J connectivity index is 2.11. The van der Waals surface area contributed by atoms with Crippen molar-refractivity contribution in [2.45, 2.75) is 58.9 Å². The van der Waals surface area contributed by atoms with Gasteiger partial charge in [0.05, 0.1) is 0 Å². The molecule has 1 aromatic carbocycles. The van der Waals surface area contributed by atoms with E-state index in [1.807, 2.05) is 0 Å². The summed E-state index contributed by atoms with van der Waals surface area (Å²) >= 11 is 0. The molecule has 1 aliphatic rings. The van der Waals surface area contributed by atoms with Crippen molar-refractivity contribution in [1.82, 2.24) is 5.32 Å². The minimum atomic E-state index is 0.375. The summed E-state index contributed by atoms with van der Waals surface area (Å²) in [6, 6.07) is 9.93. The van der Waals surface area contributed by atoms with Crippen molar-refractivity contribution in [2.75, 3.05) is 6.54 Å². The topological polar surface area (TPSA) is 12.0 Å². The van der Waals surface area contributed by atoms with Gasteiger partial charge in [0.25, 0.3) is 0 Å². The van der Waals surface area contributed by atoms with E-state index in [2.05, 4.69) is 57.3 Å². The average Bonchev–Trinajstić information content (AvgIpc) is 2.27. The molecule has 1 aromatic rings. The highest BCUT2D eigenvalue weighted by Crippen LogP contribution is 2.29. The largest absolute Gasteiger partial charge is 0.314 e. The number of piperidine rings is 1. The summed E-state index contributed by atoms with van der Waals surface area (Å²) in [5.41, 5.74) is 3.41. The Kier molecular flexibility index (Phi) is 4.11. The first-order valence-corrected chi connectivity index (χ1v) is 7.26. The summed E-state index contributed by atoms with van der Waals surface area (Å²) in [6.07, 6.45) is 3.73. The van der Waals surface area contributed by atoms with Crippen LogP contribution in [0.1, 0.15) is 57.6 Å². The van der Waals surface area contributed by atoms with Gasteiger partial charge >= 0.3 is 0 Å². The van der Waals surface area contributed by atoms with Gasteiger partial charge in [0, 0.05) is 6.04 Å². The minimum Gasteiger partial charge on any atom is -0.314 e. The maximum absolute atomic E-state index is 3.53. The maximum Gasteiger partial charge on any atom is 0.00445 e. The Hall–Kier alpha value is -0.820. The van der Waals surface area contributed by atoms with E-state index in [9.17, 15) is 0 Å². The molecule has 1 saturated heterocycles. The molecule has 1 aliphatic heterocycles. The molecule has 0 bridgehead atoms. The van der Waals surface area contributed by atoms with Crippen LogP contribution in [0.5, 0.6) is 0 Å². The van der Waals surface area contributed by atoms with Crippen molar-refractivity contribution in [1.29, 1.82) is 0 Å². The Labute approximate surface area is 112 Å². The monoisotopic (exact) mass is 245 g/mol. The molecule has 2 rings (SSSR count). The smallest absolute Gasteiger partial charge is 0.00445 e. The summed E-state index contributed by atoms with van der Waals surface area (Å²) in [5, 5.41) is 3.53. The number of benzene rings is 1. The van der Waals surface area contributed by atoms with Crippen LogP contribution in [0, 0.1) is 5.41 Å². The Morgan fingerprint density at radius 2 is 2.06 bits per heavy atom. The Bertz CT molecular complexity index is 389. The van der Waals surface area contributed by atoms with Crippen LogP contribution < -0.4 is 5.32 Å². The summed E-state index contributed by atoms with van der Waals surface area (Å²) < 4.78 is 0. The predicted molar refractivity (Wildman–Crippen MR) is 79.0 cm³/mol. The lowest BCUT2D eigenvalue weighted by molar-refractivity contribution is 0.380. The van der Waals surface area contributed by atoms with Crippen molar-refractivity contribution in [3.63, 3.8) is 0 Å². The highest BCUT2D eigenvalue weighted by molar-refractivity contribution is 5.27. The van der Waals surface area contributed by atoms with Crippen LogP contribution in [-0.4, -0.2) is 12.6 Å². The van der Waals surface area contributed by atoms with Crippen LogP contribution in [0.25, 0.3) is 0 Å². The molecule has 0 amide bonds. The van der Waals surface area contributed by atoms with E-state index in [0.29, 0.717) is 11.5 Å². The third kappa shape index (κ3) is 3.84. The van der Waals surface area contributed by atoms with Gasteiger partial charge in [-0.05, 0) is 55.2 Å². The molecular formula is C17H27N. The third-order valence-electron chi connectivity index (χ3n) is 3.78. The molecule has 1 heteroatoms. The van der Waals surface area contributed by atoms with E-state index in [-0.39, 0.29) is 0 Å². The molecule has 0 saturated carbocycles. The fourth-order valence-corrected chi connectivity index (χ4v) is 3.00. The second kappa shape index (κ2) is 5.44. The van der Waals surface area contributed by atoms with Gasteiger partial charge in [-0.2, -0.15) is 0 Å². The fraction of sp³-hybridized carbons (Fsp3) is 0.647. The molecule has 2 unspecified atom stereocenters. The first-order chi connectivity index (χ1) is 8.44. The average molecular weight is 245 g/mol. The molecule has 2 atom stereocenters. The number of nitrogens with one attached hydrogen (secondary N) is 1. The van der Waals surface area contributed by atoms with E-state index < -0.39 is 0 Å². The molecule has 18 heavy (non-hydrogen) atoms. The van der Waals surface area contributed by atoms with Crippen molar-refractivity contribution in [3.05, 3.63) is 35.4 Å². The van der Waals surface area contributed by atoms with Crippen LogP contribution in [-0.2, 0) is 6.42 Å². The quantitative estimate of drug-likeness (QED) is 0.826. The lowest BCUT2D eigenvalue weighted by atomic mass is 9.83. The molecule has 0 radical (unpaired) electrons. The van der Waals surface area contributed by atoms with E-state index in [0.717, 1.165) is 12.5 Å². The predicted octanol–water partition coefficient (Wildman–Crippen LogP) is 4.13. The second-order valence-corrected chi connectivity index (χ2v) is 7.06. The van der Waals surface area contributed by atoms with Gasteiger partial charge in [0.2, 0.25) is 0 Å². The number of hydrogen-bond donors (Lipinski definition) is 1. The van der Waals surface area contributed by atoms with Crippen LogP contribution in [0.3, 0.4) is 0 Å². The van der Waals surface area contributed by atoms with Gasteiger partial charge in [-0.15, -0.1) is 0 Å². The van der Waals surface area contributed by atoms with E-state index in [1.165, 1.54) is 24.8 Å². The molecule has 0 aromatic heterocycles. The fourth-order valence-electron chi connectivity index (χ4n) is 3.00. The van der Waals surface area contributed by atoms with Gasteiger partial charge in [-0.25, -0.2) is 0 Å². The number of rotatable bonds is 2. The first kappa shape index (κ1) is 13.6. The lowest BCUT2D eigenvalue weighted by Gasteiger charge is -2.29. The van der Waals surface area contributed by atoms with Crippen molar-refractivity contribution < 1.29 is 0 Å². The van der Waals surface area contributed by atoms with Crippen molar-refractivity contribution in [3.8, 4) is 0 Å². The van der Waals surface area contributed by atoms with Gasteiger partial charge in [0.1, 0.15) is 0 Å². The van der Waals surface area contributed by atoms with Crippen molar-refractivity contribution >= 4 is 0 Å². The van der Waals surface area contributed by atoms with Crippen LogP contribution in [0.15, 0.2) is 24.3 Å². The van der Waals surface area contributed by atoms with Crippen molar-refractivity contribution in [2.24, 2.45) is 5.41 Å². The summed E-state index contributed by atoms with van der Waals surface area (Å²) in [5.74, 6) is 0.751. The zero-order valence-corrected chi connectivity index (χ0v) is 12.3. The SMILES string of the molecule is CC1CC(c2cccc(CC(C)(C)C)c2)CCN1. The first-order valence-electron chi connectivity index (χ1n) is 7.26. The highest BCUT2D eigenvalue weighted by Gasteiger charge is 2.20. The maximum atomic E-state index is 3.53. The van der Waals surface area contributed by atoms with Gasteiger partial charge < -0.3 is 5.32 Å². The van der Waals surface area contributed by atoms with E-state index >= 15 is 0 Å². The third-order valence-corrected chi connectivity index (χ3v) is 3.78. The Morgan fingerprint density at radius 1 is 1.28 bits per heavy atom. The van der Waals surface area contributed by atoms with Gasteiger partial charge in [-0.3, -0.25) is 0 Å². The molecule has 1 heterocycles.